The summed E-state index contributed by atoms with van der Waals surface area (Å²) < 4.78 is 0. The van der Waals surface area contributed by atoms with Crippen LogP contribution in [0.4, 0.5) is 9.59 Å². The van der Waals surface area contributed by atoms with E-state index in [9.17, 15) is 0 Å². The molecule has 0 aliphatic rings. The van der Waals surface area contributed by atoms with Gasteiger partial charge in [0.15, 0.2) is 0 Å². The molecular weight excluding hydrogens is 144 g/mol. The summed E-state index contributed by atoms with van der Waals surface area (Å²) in [6.45, 7) is 0. The first-order valence-electron chi connectivity index (χ1n) is 1.43. The molecule has 2 amide bonds. The smallest absolute Gasteiger partial charge is 0.450 e. The van der Waals surface area contributed by atoms with Gasteiger partial charge in [0.25, 0.3) is 0 Å². The molecule has 12 N–H and O–H groups in total. The molecule has 0 aromatic carbocycles. The van der Waals surface area contributed by atoms with Crippen LogP contribution in [0.25, 0.3) is 0 Å². The Kier molecular flexibility index (Phi) is 37.0. The number of carboxylic acid groups (broad SMARTS) is 2. The van der Waals surface area contributed by atoms with Crippen LogP contribution in [0.5, 0.6) is 0 Å². The van der Waals surface area contributed by atoms with Gasteiger partial charge < -0.3 is 34.0 Å². The van der Waals surface area contributed by atoms with Gasteiger partial charge in [-0.15, -0.1) is 0 Å². The molecule has 0 atom stereocenters. The number of rotatable bonds is 0. The molecule has 0 spiro atoms. The van der Waals surface area contributed by atoms with E-state index in [-0.39, 0.29) is 12.3 Å². The van der Waals surface area contributed by atoms with Crippen molar-refractivity contribution in [3.8, 4) is 0 Å². The van der Waals surface area contributed by atoms with E-state index in [1.807, 2.05) is 0 Å². The highest BCUT2D eigenvalue weighted by molar-refractivity contribution is 5.69. The maximum atomic E-state index is 9.00. The van der Waals surface area contributed by atoms with Gasteiger partial charge in [0.2, 0.25) is 0 Å². The van der Waals surface area contributed by atoms with Crippen molar-refractivity contribution >= 4 is 12.2 Å². The Hall–Kier alpha value is -1.54. The van der Waals surface area contributed by atoms with Crippen LogP contribution in [0.3, 0.4) is 0 Å². The van der Waals surface area contributed by atoms with E-state index >= 15 is 0 Å². The van der Waals surface area contributed by atoms with Gasteiger partial charge in [0, 0.05) is 0 Å². The van der Waals surface area contributed by atoms with Crippen molar-refractivity contribution in [2.75, 3.05) is 0 Å². The van der Waals surface area contributed by atoms with E-state index in [1.165, 1.54) is 0 Å². The molecule has 0 heterocycles. The van der Waals surface area contributed by atoms with E-state index in [0.717, 1.165) is 0 Å². The lowest BCUT2D eigenvalue weighted by Crippen LogP contribution is -2.18. The van der Waals surface area contributed by atoms with Crippen molar-refractivity contribution in [3.63, 3.8) is 0 Å². The number of hydrogen-bond acceptors (Lipinski definition) is 4. The van der Waals surface area contributed by atoms with Gasteiger partial charge in [-0.3, -0.25) is 0 Å². The number of carbonyl (C=O) groups excluding carboxylic acids is 1. The zero-order valence-electron chi connectivity index (χ0n) is 5.28. The van der Waals surface area contributed by atoms with E-state index in [0.29, 0.717) is 0 Å². The molecule has 0 saturated carbocycles. The van der Waals surface area contributed by atoms with E-state index in [1.54, 1.807) is 0 Å². The molecular formula is C2H12N4O4. The predicted molar refractivity (Wildman–Crippen MR) is 34.5 cm³/mol. The van der Waals surface area contributed by atoms with Crippen LogP contribution in [0, 0.1) is 0 Å². The van der Waals surface area contributed by atoms with E-state index in [4.69, 9.17) is 19.8 Å². The average Bonchev–Trinajstić information content (AvgIpc) is 1.25. The zero-order chi connectivity index (χ0) is 7.15. The molecule has 0 aliphatic carbocycles. The SMILES string of the molecule is N.N.NC(N)=O.O=C(O)O. The second-order valence-corrected chi connectivity index (χ2v) is 0.685. The predicted octanol–water partition coefficient (Wildman–Crippen LogP) is -0.430. The molecule has 64 valence electrons. The van der Waals surface area contributed by atoms with Crippen molar-refractivity contribution in [2.45, 2.75) is 0 Å². The van der Waals surface area contributed by atoms with Crippen LogP contribution in [0.15, 0.2) is 0 Å². The second kappa shape index (κ2) is 15.7. The maximum Gasteiger partial charge on any atom is 0.503 e. The van der Waals surface area contributed by atoms with Crippen LogP contribution >= 0.6 is 0 Å². The Morgan fingerprint density at radius 1 is 1.00 bits per heavy atom. The fraction of sp³-hybridized carbons (Fsp3) is 0. The standard InChI is InChI=1S/CH4N2O.CH2O3.2H3N/c2*2-1(3)4;;/h(H4,2,3,4);(H2,2,3,4);2*1H3. The van der Waals surface area contributed by atoms with Gasteiger partial charge in [0.1, 0.15) is 0 Å². The monoisotopic (exact) mass is 156 g/mol. The largest absolute Gasteiger partial charge is 0.503 e. The number of hydrogen-bond donors (Lipinski definition) is 6. The highest BCUT2D eigenvalue weighted by atomic mass is 16.6. The second-order valence-electron chi connectivity index (χ2n) is 0.685. The number of urea groups is 1. The molecule has 8 heteroatoms. The summed E-state index contributed by atoms with van der Waals surface area (Å²) in [7, 11) is 0. The molecule has 0 fully saturated rings. The Balaban J connectivity index is -0.0000000300. The normalized spacial score (nSPS) is 4.80. The van der Waals surface area contributed by atoms with Gasteiger partial charge in [0.05, 0.1) is 0 Å². The molecule has 0 unspecified atom stereocenters. The van der Waals surface area contributed by atoms with Crippen LogP contribution in [0.2, 0.25) is 0 Å². The Labute approximate surface area is 57.0 Å². The third-order valence-corrected chi connectivity index (χ3v) is 0. The van der Waals surface area contributed by atoms with Crippen molar-refractivity contribution in [2.24, 2.45) is 11.5 Å². The fourth-order valence-electron chi connectivity index (χ4n) is 0. The summed E-state index contributed by atoms with van der Waals surface area (Å²) >= 11 is 0. The first-order chi connectivity index (χ1) is 3.46. The van der Waals surface area contributed by atoms with Gasteiger partial charge >= 0.3 is 12.2 Å². The first-order valence-corrected chi connectivity index (χ1v) is 1.43. The molecule has 8 nitrogen and oxygen atoms in total. The molecule has 0 aromatic rings. The summed E-state index contributed by atoms with van der Waals surface area (Å²) in [5, 5.41) is 13.9. The number of primary amides is 2. The van der Waals surface area contributed by atoms with Gasteiger partial charge in [-0.1, -0.05) is 0 Å². The average molecular weight is 156 g/mol. The number of carbonyl (C=O) groups is 2. The molecule has 0 bridgehead atoms. The van der Waals surface area contributed by atoms with Crippen molar-refractivity contribution < 1.29 is 19.8 Å². The Morgan fingerprint density at radius 3 is 1.00 bits per heavy atom. The molecule has 0 aliphatic heterocycles. The third-order valence-electron chi connectivity index (χ3n) is 0. The van der Waals surface area contributed by atoms with Crippen LogP contribution in [-0.4, -0.2) is 22.4 Å². The lowest BCUT2D eigenvalue weighted by molar-refractivity contribution is 0.137. The third kappa shape index (κ3) is 81.2. The van der Waals surface area contributed by atoms with Crippen LogP contribution < -0.4 is 23.8 Å². The highest BCUT2D eigenvalue weighted by Crippen LogP contribution is 1.42. The molecule has 0 saturated heterocycles. The van der Waals surface area contributed by atoms with Crippen LogP contribution in [0.1, 0.15) is 0 Å². The van der Waals surface area contributed by atoms with Gasteiger partial charge in [-0.25, -0.2) is 9.59 Å². The van der Waals surface area contributed by atoms with Gasteiger partial charge in [-0.2, -0.15) is 0 Å². The Morgan fingerprint density at radius 2 is 1.00 bits per heavy atom. The molecule has 0 rings (SSSR count). The van der Waals surface area contributed by atoms with E-state index in [2.05, 4.69) is 11.5 Å². The lowest BCUT2D eigenvalue weighted by Gasteiger charge is -1.62. The van der Waals surface area contributed by atoms with Crippen molar-refractivity contribution in [1.29, 1.82) is 0 Å². The lowest BCUT2D eigenvalue weighted by atomic mass is 11.2. The molecule has 0 radical (unpaired) electrons. The van der Waals surface area contributed by atoms with Crippen LogP contribution in [-0.2, 0) is 0 Å². The van der Waals surface area contributed by atoms with Crippen molar-refractivity contribution in [1.82, 2.24) is 12.3 Å². The summed E-state index contributed by atoms with van der Waals surface area (Å²) in [5.74, 6) is 0. The Bertz CT molecular complexity index is 73.3. The minimum absolute atomic E-state index is 0. The minimum atomic E-state index is -1.83. The summed E-state index contributed by atoms with van der Waals surface area (Å²) in [5.41, 5.74) is 8.50. The fourth-order valence-corrected chi connectivity index (χ4v) is 0. The minimum Gasteiger partial charge on any atom is -0.450 e. The quantitative estimate of drug-likeness (QED) is 0.275. The summed E-state index contributed by atoms with van der Waals surface area (Å²) in [6.07, 6.45) is -1.83. The topological polar surface area (TPSA) is 197 Å². The highest BCUT2D eigenvalue weighted by Gasteiger charge is 1.70. The summed E-state index contributed by atoms with van der Waals surface area (Å²) in [4.78, 5) is 17.6. The number of nitrogens with two attached hydrogens (primary N) is 2. The van der Waals surface area contributed by atoms with E-state index < -0.39 is 12.2 Å². The maximum absolute atomic E-state index is 9.00. The molecule has 0 aromatic heterocycles. The zero-order valence-corrected chi connectivity index (χ0v) is 5.28. The summed E-state index contributed by atoms with van der Waals surface area (Å²) in [6, 6.07) is -0.833. The number of amides is 2. The first kappa shape index (κ1) is 23.7. The van der Waals surface area contributed by atoms with Gasteiger partial charge in [-0.05, 0) is 0 Å². The van der Waals surface area contributed by atoms with Crippen molar-refractivity contribution in [3.05, 3.63) is 0 Å². The molecule has 10 heavy (non-hydrogen) atoms.